The van der Waals surface area contributed by atoms with Gasteiger partial charge in [-0.2, -0.15) is 0 Å². The molecule has 0 rings (SSSR count). The molecule has 0 amide bonds. The number of hydrogen-bond acceptors (Lipinski definition) is 1. The molecule has 0 radical (unpaired) electrons. The molecule has 14 heavy (non-hydrogen) atoms. The molecular weight excluding hydrogens is 170 g/mol. The smallest absolute Gasteiger partial charge is 0.00104 e. The third kappa shape index (κ3) is 12.0. The summed E-state index contributed by atoms with van der Waals surface area (Å²) in [6, 6.07) is 0.402. The second-order valence-electron chi connectivity index (χ2n) is 4.59. The van der Waals surface area contributed by atoms with E-state index >= 15 is 0 Å². The van der Waals surface area contributed by atoms with Gasteiger partial charge in [-0.1, -0.05) is 64.7 Å². The molecule has 0 aromatic heterocycles. The Labute approximate surface area is 91.9 Å². The van der Waals surface area contributed by atoms with Crippen LogP contribution < -0.4 is 5.73 Å². The van der Waals surface area contributed by atoms with Gasteiger partial charge in [0.2, 0.25) is 0 Å². The van der Waals surface area contributed by atoms with Gasteiger partial charge in [-0.25, -0.2) is 0 Å². The van der Waals surface area contributed by atoms with Crippen LogP contribution in [0.25, 0.3) is 0 Å². The molecule has 0 heterocycles. The Balaban J connectivity index is 0. The summed E-state index contributed by atoms with van der Waals surface area (Å²) >= 11 is 0. The lowest BCUT2D eigenvalue weighted by atomic mass is 10.1. The predicted molar refractivity (Wildman–Crippen MR) is 67.6 cm³/mol. The van der Waals surface area contributed by atoms with Crippen LogP contribution in [0.5, 0.6) is 0 Å². The van der Waals surface area contributed by atoms with Crippen molar-refractivity contribution in [1.29, 1.82) is 0 Å². The minimum Gasteiger partial charge on any atom is -0.328 e. The van der Waals surface area contributed by atoms with Crippen LogP contribution in [0.1, 0.15) is 79.5 Å². The summed E-state index contributed by atoms with van der Waals surface area (Å²) in [5.41, 5.74) is 5.69. The first-order valence-electron chi connectivity index (χ1n) is 6.53. The first-order chi connectivity index (χ1) is 6.77. The highest BCUT2D eigenvalue weighted by Crippen LogP contribution is 2.10. The molecule has 0 aliphatic rings. The van der Waals surface area contributed by atoms with Gasteiger partial charge in [-0.15, -0.1) is 0 Å². The average Bonchev–Trinajstić information content (AvgIpc) is 2.15. The van der Waals surface area contributed by atoms with Gasteiger partial charge in [0, 0.05) is 7.47 Å². The highest BCUT2D eigenvalue weighted by atomic mass is 14.6. The van der Waals surface area contributed by atoms with E-state index in [1.807, 2.05) is 0 Å². The normalized spacial score (nSPS) is 13.1. The Kier molecular flexibility index (Phi) is 11.0. The molecule has 0 saturated heterocycles. The highest BCUT2D eigenvalue weighted by molar-refractivity contribution is 4.53. The maximum Gasteiger partial charge on any atom is 0.00104 e. The third-order valence-corrected chi connectivity index (χ3v) is 2.76. The number of rotatable bonds is 10. The van der Waals surface area contributed by atoms with Crippen molar-refractivity contribution in [3.05, 3.63) is 0 Å². The second-order valence-corrected chi connectivity index (χ2v) is 4.59. The van der Waals surface area contributed by atoms with Crippen molar-refractivity contribution in [3.63, 3.8) is 0 Å². The summed E-state index contributed by atoms with van der Waals surface area (Å²) < 4.78 is 0. The summed E-state index contributed by atoms with van der Waals surface area (Å²) in [5.74, 6) is 0. The standard InChI is InChI=1S/C13H29N.H2/c1-3-4-5-6-7-8-9-10-11-12-13(2)14;/h13H,3-12,14H2,1-2H3;1H/t13-;/m0./s1. The van der Waals surface area contributed by atoms with Crippen LogP contribution in [-0.4, -0.2) is 6.04 Å². The third-order valence-electron chi connectivity index (χ3n) is 2.76. The largest absolute Gasteiger partial charge is 0.328 e. The van der Waals surface area contributed by atoms with Crippen molar-refractivity contribution < 1.29 is 1.43 Å². The lowest BCUT2D eigenvalue weighted by molar-refractivity contribution is 0.537. The molecule has 2 N–H and O–H groups in total. The van der Waals surface area contributed by atoms with E-state index in [4.69, 9.17) is 5.73 Å². The molecule has 88 valence electrons. The van der Waals surface area contributed by atoms with Crippen molar-refractivity contribution in [3.8, 4) is 0 Å². The van der Waals surface area contributed by atoms with Crippen molar-refractivity contribution in [1.82, 2.24) is 0 Å². The van der Waals surface area contributed by atoms with Gasteiger partial charge in [0.15, 0.2) is 0 Å². The number of nitrogens with two attached hydrogens (primary N) is 1. The van der Waals surface area contributed by atoms with E-state index in [2.05, 4.69) is 13.8 Å². The van der Waals surface area contributed by atoms with Crippen LogP contribution in [0, 0.1) is 0 Å². The quantitative estimate of drug-likeness (QED) is 0.517. The number of unbranched alkanes of at least 4 members (excludes halogenated alkanes) is 8. The van der Waals surface area contributed by atoms with E-state index in [1.54, 1.807) is 0 Å². The lowest BCUT2D eigenvalue weighted by Gasteiger charge is -2.04. The monoisotopic (exact) mass is 201 g/mol. The van der Waals surface area contributed by atoms with Crippen molar-refractivity contribution in [2.24, 2.45) is 5.73 Å². The molecule has 0 unspecified atom stereocenters. The summed E-state index contributed by atoms with van der Waals surface area (Å²) in [4.78, 5) is 0. The summed E-state index contributed by atoms with van der Waals surface area (Å²) in [7, 11) is 0. The fourth-order valence-electron chi connectivity index (χ4n) is 1.78. The molecular formula is C13H31N. The zero-order valence-electron chi connectivity index (χ0n) is 10.2. The van der Waals surface area contributed by atoms with E-state index in [9.17, 15) is 0 Å². The van der Waals surface area contributed by atoms with E-state index in [0.717, 1.165) is 0 Å². The molecule has 0 fully saturated rings. The minimum absolute atomic E-state index is 0. The fraction of sp³-hybridized carbons (Fsp3) is 1.00. The molecule has 0 saturated carbocycles. The van der Waals surface area contributed by atoms with Crippen molar-refractivity contribution in [2.45, 2.75) is 84.1 Å². The summed E-state index contributed by atoms with van der Waals surface area (Å²) in [5, 5.41) is 0. The first kappa shape index (κ1) is 14.0. The molecule has 0 aromatic carbocycles. The van der Waals surface area contributed by atoms with Gasteiger partial charge in [-0.3, -0.25) is 0 Å². The Morgan fingerprint density at radius 2 is 1.29 bits per heavy atom. The van der Waals surface area contributed by atoms with Gasteiger partial charge in [0.25, 0.3) is 0 Å². The van der Waals surface area contributed by atoms with Gasteiger partial charge >= 0.3 is 0 Å². The molecule has 1 atom stereocenters. The van der Waals surface area contributed by atoms with E-state index in [-0.39, 0.29) is 1.43 Å². The van der Waals surface area contributed by atoms with Crippen LogP contribution in [0.2, 0.25) is 0 Å². The van der Waals surface area contributed by atoms with Crippen LogP contribution in [0.3, 0.4) is 0 Å². The Morgan fingerprint density at radius 1 is 0.857 bits per heavy atom. The van der Waals surface area contributed by atoms with E-state index < -0.39 is 0 Å². The molecule has 0 aliphatic carbocycles. The molecule has 0 aromatic rings. The van der Waals surface area contributed by atoms with E-state index in [1.165, 1.54) is 64.2 Å². The Morgan fingerprint density at radius 3 is 1.71 bits per heavy atom. The maximum atomic E-state index is 5.69. The van der Waals surface area contributed by atoms with Crippen molar-refractivity contribution >= 4 is 0 Å². The zero-order chi connectivity index (χ0) is 10.6. The average molecular weight is 201 g/mol. The highest BCUT2D eigenvalue weighted by Gasteiger charge is 1.94. The van der Waals surface area contributed by atoms with Crippen LogP contribution in [-0.2, 0) is 0 Å². The van der Waals surface area contributed by atoms with Crippen molar-refractivity contribution in [2.75, 3.05) is 0 Å². The first-order valence-corrected chi connectivity index (χ1v) is 6.53. The van der Waals surface area contributed by atoms with Gasteiger partial charge in [-0.05, 0) is 13.3 Å². The minimum atomic E-state index is 0. The van der Waals surface area contributed by atoms with E-state index in [0.29, 0.717) is 6.04 Å². The van der Waals surface area contributed by atoms with Crippen LogP contribution in [0.15, 0.2) is 0 Å². The number of hydrogen-bond donors (Lipinski definition) is 1. The summed E-state index contributed by atoms with van der Waals surface area (Å²) in [6.45, 7) is 4.37. The maximum absolute atomic E-state index is 5.69. The summed E-state index contributed by atoms with van der Waals surface area (Å²) in [6.07, 6.45) is 13.9. The fourth-order valence-corrected chi connectivity index (χ4v) is 1.78. The Bertz CT molecular complexity index is 105. The molecule has 0 aliphatic heterocycles. The van der Waals surface area contributed by atoms with Crippen LogP contribution >= 0.6 is 0 Å². The Hall–Kier alpha value is -0.0400. The lowest BCUT2D eigenvalue weighted by Crippen LogP contribution is -2.13. The molecule has 1 heteroatoms. The molecule has 0 bridgehead atoms. The second kappa shape index (κ2) is 11.0. The topological polar surface area (TPSA) is 26.0 Å². The molecule has 1 nitrogen and oxygen atoms in total. The van der Waals surface area contributed by atoms with Gasteiger partial charge in [0.05, 0.1) is 0 Å². The predicted octanol–water partition coefficient (Wildman–Crippen LogP) is 4.50. The van der Waals surface area contributed by atoms with Crippen LogP contribution in [0.4, 0.5) is 0 Å². The van der Waals surface area contributed by atoms with Gasteiger partial charge < -0.3 is 5.73 Å². The molecule has 0 spiro atoms. The zero-order valence-corrected chi connectivity index (χ0v) is 10.2. The van der Waals surface area contributed by atoms with Gasteiger partial charge in [0.1, 0.15) is 0 Å². The SMILES string of the molecule is CCCCCCCCCCC[C@H](C)N.[HH].